The van der Waals surface area contributed by atoms with E-state index in [9.17, 15) is 0 Å². The van der Waals surface area contributed by atoms with E-state index in [0.29, 0.717) is 5.95 Å². The Balaban J connectivity index is 2.09. The molecule has 2 aromatic rings. The van der Waals surface area contributed by atoms with Crippen molar-refractivity contribution in [3.63, 3.8) is 0 Å². The number of rotatable bonds is 7. The van der Waals surface area contributed by atoms with E-state index >= 15 is 0 Å². The smallest absolute Gasteiger partial charge is 0.249 e. The molecule has 1 heterocycles. The zero-order chi connectivity index (χ0) is 15.1. The number of ether oxygens (including phenoxy) is 1. The van der Waals surface area contributed by atoms with Crippen molar-refractivity contribution in [2.75, 3.05) is 30.9 Å². The number of hydrogen-bond donors (Lipinski definition) is 1. The van der Waals surface area contributed by atoms with Crippen molar-refractivity contribution in [1.29, 1.82) is 0 Å². The third kappa shape index (κ3) is 4.30. The molecule has 0 spiro atoms. The molecule has 0 fully saturated rings. The predicted molar refractivity (Wildman–Crippen MR) is 84.3 cm³/mol. The minimum atomic E-state index is 0.476. The second-order valence-corrected chi connectivity index (χ2v) is 4.77. The Bertz CT molecular complexity index is 575. The Kier molecular flexibility index (Phi) is 5.31. The third-order valence-corrected chi connectivity index (χ3v) is 3.11. The number of anilines is 3. The summed E-state index contributed by atoms with van der Waals surface area (Å²) in [5.41, 5.74) is 0.865. The van der Waals surface area contributed by atoms with Crippen LogP contribution >= 0.6 is 0 Å². The lowest BCUT2D eigenvalue weighted by Crippen LogP contribution is -2.20. The van der Waals surface area contributed by atoms with Crippen LogP contribution in [0.5, 0.6) is 5.75 Å². The fraction of sp³-hybridized carbons (Fsp3) is 0.400. The first-order valence-electron chi connectivity index (χ1n) is 7.05. The lowest BCUT2D eigenvalue weighted by atomic mass is 10.3. The Morgan fingerprint density at radius 2 is 2.19 bits per heavy atom. The van der Waals surface area contributed by atoms with E-state index in [4.69, 9.17) is 4.74 Å². The minimum absolute atomic E-state index is 0.476. The van der Waals surface area contributed by atoms with Crippen LogP contribution in [0.25, 0.3) is 0 Å². The highest BCUT2D eigenvalue weighted by atomic mass is 16.5. The number of unbranched alkanes of at least 4 members (excludes halogenated alkanes) is 1. The molecule has 0 aliphatic heterocycles. The van der Waals surface area contributed by atoms with E-state index in [1.54, 1.807) is 13.3 Å². The van der Waals surface area contributed by atoms with Gasteiger partial charge in [0.1, 0.15) is 5.75 Å². The number of nitrogens with one attached hydrogen (secondary N) is 1. The van der Waals surface area contributed by atoms with Crippen LogP contribution in [0.15, 0.2) is 30.5 Å². The van der Waals surface area contributed by atoms with Gasteiger partial charge in [0.25, 0.3) is 0 Å². The van der Waals surface area contributed by atoms with Gasteiger partial charge in [-0.2, -0.15) is 10.1 Å². The van der Waals surface area contributed by atoms with Gasteiger partial charge >= 0.3 is 0 Å². The van der Waals surface area contributed by atoms with Crippen molar-refractivity contribution in [2.24, 2.45) is 0 Å². The summed E-state index contributed by atoms with van der Waals surface area (Å²) in [6.45, 7) is 3.12. The van der Waals surface area contributed by atoms with Crippen molar-refractivity contribution in [3.8, 4) is 5.75 Å². The molecule has 0 amide bonds. The van der Waals surface area contributed by atoms with Gasteiger partial charge in [-0.1, -0.05) is 19.4 Å². The van der Waals surface area contributed by atoms with Crippen LogP contribution in [0.4, 0.5) is 17.5 Å². The SMILES string of the molecule is CCCCN(C)c1cnnc(Nc2cccc(OC)c2)n1. The van der Waals surface area contributed by atoms with Gasteiger partial charge in [0, 0.05) is 25.3 Å². The Morgan fingerprint density at radius 3 is 2.95 bits per heavy atom. The summed E-state index contributed by atoms with van der Waals surface area (Å²) >= 11 is 0. The van der Waals surface area contributed by atoms with Crippen molar-refractivity contribution >= 4 is 17.5 Å². The van der Waals surface area contributed by atoms with Crippen LogP contribution in [0.1, 0.15) is 19.8 Å². The second-order valence-electron chi connectivity index (χ2n) is 4.77. The van der Waals surface area contributed by atoms with Crippen molar-refractivity contribution in [3.05, 3.63) is 30.5 Å². The Morgan fingerprint density at radius 1 is 1.33 bits per heavy atom. The molecule has 6 heteroatoms. The second kappa shape index (κ2) is 7.42. The van der Waals surface area contributed by atoms with E-state index in [2.05, 4.69) is 32.3 Å². The van der Waals surface area contributed by atoms with E-state index < -0.39 is 0 Å². The van der Waals surface area contributed by atoms with Crippen LogP contribution < -0.4 is 15.0 Å². The summed E-state index contributed by atoms with van der Waals surface area (Å²) in [4.78, 5) is 6.56. The first kappa shape index (κ1) is 15.0. The summed E-state index contributed by atoms with van der Waals surface area (Å²) in [6.07, 6.45) is 3.95. The fourth-order valence-corrected chi connectivity index (χ4v) is 1.87. The monoisotopic (exact) mass is 287 g/mol. The van der Waals surface area contributed by atoms with Gasteiger partial charge < -0.3 is 15.0 Å². The summed E-state index contributed by atoms with van der Waals surface area (Å²) in [5.74, 6) is 2.07. The predicted octanol–water partition coefficient (Wildman–Crippen LogP) is 2.86. The van der Waals surface area contributed by atoms with Crippen LogP contribution in [0.2, 0.25) is 0 Å². The molecule has 0 unspecified atom stereocenters. The lowest BCUT2D eigenvalue weighted by molar-refractivity contribution is 0.415. The highest BCUT2D eigenvalue weighted by Gasteiger charge is 2.06. The highest BCUT2D eigenvalue weighted by Crippen LogP contribution is 2.20. The van der Waals surface area contributed by atoms with E-state index in [1.165, 1.54) is 0 Å². The standard InChI is InChI=1S/C15H21N5O/c1-4-5-9-20(2)14-11-16-19-15(18-14)17-12-7-6-8-13(10-12)21-3/h6-8,10-11H,4-5,9H2,1-3H3,(H,17,18,19). The molecular formula is C15H21N5O. The van der Waals surface area contributed by atoms with Gasteiger partial charge in [-0.05, 0) is 18.6 Å². The first-order valence-corrected chi connectivity index (χ1v) is 7.05. The van der Waals surface area contributed by atoms with Gasteiger partial charge in [-0.25, -0.2) is 0 Å². The Labute approximate surface area is 125 Å². The van der Waals surface area contributed by atoms with Crippen LogP contribution in [0, 0.1) is 0 Å². The Hall–Kier alpha value is -2.37. The third-order valence-electron chi connectivity index (χ3n) is 3.11. The van der Waals surface area contributed by atoms with Crippen molar-refractivity contribution < 1.29 is 4.74 Å². The number of aromatic nitrogens is 3. The molecule has 0 saturated carbocycles. The molecule has 0 aliphatic carbocycles. The lowest BCUT2D eigenvalue weighted by Gasteiger charge is -2.17. The normalized spacial score (nSPS) is 10.2. The largest absolute Gasteiger partial charge is 0.497 e. The average molecular weight is 287 g/mol. The zero-order valence-corrected chi connectivity index (χ0v) is 12.7. The minimum Gasteiger partial charge on any atom is -0.497 e. The molecule has 0 radical (unpaired) electrons. The molecule has 21 heavy (non-hydrogen) atoms. The van der Waals surface area contributed by atoms with Gasteiger partial charge in [-0.3, -0.25) is 0 Å². The molecule has 0 bridgehead atoms. The summed E-state index contributed by atoms with van der Waals surface area (Å²) in [5, 5.41) is 11.2. The first-order chi connectivity index (χ1) is 10.2. The summed E-state index contributed by atoms with van der Waals surface area (Å²) < 4.78 is 5.19. The topological polar surface area (TPSA) is 63.2 Å². The van der Waals surface area contributed by atoms with Crippen molar-refractivity contribution in [2.45, 2.75) is 19.8 Å². The molecule has 0 saturated heterocycles. The summed E-state index contributed by atoms with van der Waals surface area (Å²) in [7, 11) is 3.65. The van der Waals surface area contributed by atoms with Gasteiger partial charge in [0.05, 0.1) is 13.3 Å². The molecule has 0 aliphatic rings. The quantitative estimate of drug-likeness (QED) is 0.845. The maximum absolute atomic E-state index is 5.19. The van der Waals surface area contributed by atoms with Gasteiger partial charge in [0.15, 0.2) is 5.82 Å². The van der Waals surface area contributed by atoms with Crippen molar-refractivity contribution in [1.82, 2.24) is 15.2 Å². The van der Waals surface area contributed by atoms with Crippen LogP contribution in [-0.2, 0) is 0 Å². The number of benzene rings is 1. The highest BCUT2D eigenvalue weighted by molar-refractivity contribution is 5.56. The van der Waals surface area contributed by atoms with Crippen LogP contribution in [0.3, 0.4) is 0 Å². The van der Waals surface area contributed by atoms with Crippen LogP contribution in [-0.4, -0.2) is 35.9 Å². The molecular weight excluding hydrogens is 266 g/mol. The molecule has 1 aromatic heterocycles. The average Bonchev–Trinajstić information content (AvgIpc) is 2.53. The summed E-state index contributed by atoms with van der Waals surface area (Å²) in [6, 6.07) is 7.61. The van der Waals surface area contributed by atoms with Gasteiger partial charge in [-0.15, -0.1) is 5.10 Å². The molecule has 0 atom stereocenters. The number of methoxy groups -OCH3 is 1. The van der Waals surface area contributed by atoms with E-state index in [0.717, 1.165) is 36.6 Å². The maximum atomic E-state index is 5.19. The van der Waals surface area contributed by atoms with E-state index in [-0.39, 0.29) is 0 Å². The number of nitrogens with zero attached hydrogens (tertiary/aromatic N) is 4. The number of hydrogen-bond acceptors (Lipinski definition) is 6. The van der Waals surface area contributed by atoms with E-state index in [1.807, 2.05) is 31.3 Å². The fourth-order valence-electron chi connectivity index (χ4n) is 1.87. The molecule has 1 aromatic carbocycles. The maximum Gasteiger partial charge on any atom is 0.249 e. The molecule has 1 N–H and O–H groups in total. The molecule has 6 nitrogen and oxygen atoms in total. The van der Waals surface area contributed by atoms with Gasteiger partial charge in [0.2, 0.25) is 5.95 Å². The zero-order valence-electron chi connectivity index (χ0n) is 12.7. The molecule has 2 rings (SSSR count). The molecule has 112 valence electrons.